The SMILES string of the molecule is Cc1cc(SCCO)ccc1CO. The Morgan fingerprint density at radius 2 is 2.08 bits per heavy atom. The van der Waals surface area contributed by atoms with Crippen molar-refractivity contribution in [1.29, 1.82) is 0 Å². The van der Waals surface area contributed by atoms with Crippen molar-refractivity contribution in [2.45, 2.75) is 18.4 Å². The highest BCUT2D eigenvalue weighted by atomic mass is 32.2. The first-order valence-corrected chi connectivity index (χ1v) is 5.20. The predicted octanol–water partition coefficient (Wildman–Crippen LogP) is 1.57. The number of aliphatic hydroxyl groups excluding tert-OH is 2. The lowest BCUT2D eigenvalue weighted by molar-refractivity contribution is 0.281. The van der Waals surface area contributed by atoms with E-state index in [1.165, 1.54) is 0 Å². The molecule has 0 saturated carbocycles. The van der Waals surface area contributed by atoms with Gasteiger partial charge >= 0.3 is 0 Å². The van der Waals surface area contributed by atoms with Crippen LogP contribution >= 0.6 is 11.8 Å². The van der Waals surface area contributed by atoms with E-state index in [0.29, 0.717) is 0 Å². The van der Waals surface area contributed by atoms with E-state index in [1.54, 1.807) is 11.8 Å². The van der Waals surface area contributed by atoms with Gasteiger partial charge < -0.3 is 10.2 Å². The lowest BCUT2D eigenvalue weighted by atomic mass is 10.1. The first-order valence-electron chi connectivity index (χ1n) is 4.22. The normalized spacial score (nSPS) is 10.4. The van der Waals surface area contributed by atoms with Gasteiger partial charge in [-0.1, -0.05) is 6.07 Å². The van der Waals surface area contributed by atoms with Crippen molar-refractivity contribution in [3.8, 4) is 0 Å². The minimum absolute atomic E-state index is 0.0940. The fraction of sp³-hybridized carbons (Fsp3) is 0.400. The maximum absolute atomic E-state index is 8.94. The Morgan fingerprint density at radius 3 is 2.62 bits per heavy atom. The molecule has 0 amide bonds. The van der Waals surface area contributed by atoms with Gasteiger partial charge in [-0.3, -0.25) is 0 Å². The predicted molar refractivity (Wildman–Crippen MR) is 54.9 cm³/mol. The van der Waals surface area contributed by atoms with Crippen LogP contribution < -0.4 is 0 Å². The van der Waals surface area contributed by atoms with Crippen molar-refractivity contribution in [3.63, 3.8) is 0 Å². The summed E-state index contributed by atoms with van der Waals surface area (Å²) in [5.74, 6) is 0.720. The molecule has 1 aromatic carbocycles. The molecule has 0 spiro atoms. The summed E-state index contributed by atoms with van der Waals surface area (Å²) in [5, 5.41) is 17.6. The van der Waals surface area contributed by atoms with Crippen LogP contribution in [0.2, 0.25) is 0 Å². The lowest BCUT2D eigenvalue weighted by Gasteiger charge is -2.05. The summed E-state index contributed by atoms with van der Waals surface area (Å²) in [7, 11) is 0. The fourth-order valence-corrected chi connectivity index (χ4v) is 1.85. The van der Waals surface area contributed by atoms with E-state index in [9.17, 15) is 0 Å². The average Bonchev–Trinajstić information content (AvgIpc) is 2.15. The van der Waals surface area contributed by atoms with Gasteiger partial charge in [0.2, 0.25) is 0 Å². The largest absolute Gasteiger partial charge is 0.396 e. The molecule has 0 radical (unpaired) electrons. The molecule has 0 bridgehead atoms. The second-order valence-corrected chi connectivity index (χ2v) is 3.99. The summed E-state index contributed by atoms with van der Waals surface area (Å²) >= 11 is 1.62. The van der Waals surface area contributed by atoms with Gasteiger partial charge in [-0.15, -0.1) is 11.8 Å². The molecular weight excluding hydrogens is 184 g/mol. The number of aliphatic hydroxyl groups is 2. The third-order valence-corrected chi connectivity index (χ3v) is 2.82. The number of thioether (sulfide) groups is 1. The maximum Gasteiger partial charge on any atom is 0.0684 e. The average molecular weight is 198 g/mol. The van der Waals surface area contributed by atoms with Crippen LogP contribution in [0.1, 0.15) is 11.1 Å². The smallest absolute Gasteiger partial charge is 0.0684 e. The topological polar surface area (TPSA) is 40.5 Å². The summed E-state index contributed by atoms with van der Waals surface area (Å²) in [6, 6.07) is 5.93. The highest BCUT2D eigenvalue weighted by Crippen LogP contribution is 2.20. The second-order valence-electron chi connectivity index (χ2n) is 2.82. The van der Waals surface area contributed by atoms with Gasteiger partial charge in [0, 0.05) is 10.6 Å². The van der Waals surface area contributed by atoms with Crippen LogP contribution in [-0.4, -0.2) is 22.6 Å². The quantitative estimate of drug-likeness (QED) is 0.721. The number of hydrogen-bond donors (Lipinski definition) is 2. The van der Waals surface area contributed by atoms with Crippen LogP contribution in [0, 0.1) is 6.92 Å². The van der Waals surface area contributed by atoms with E-state index >= 15 is 0 Å². The van der Waals surface area contributed by atoms with Crippen molar-refractivity contribution >= 4 is 11.8 Å². The third kappa shape index (κ3) is 3.03. The molecule has 1 rings (SSSR count). The van der Waals surface area contributed by atoms with Gasteiger partial charge in [-0.05, 0) is 30.2 Å². The van der Waals surface area contributed by atoms with Crippen molar-refractivity contribution in [3.05, 3.63) is 29.3 Å². The first-order chi connectivity index (χ1) is 6.27. The Hall–Kier alpha value is -0.510. The van der Waals surface area contributed by atoms with E-state index in [4.69, 9.17) is 10.2 Å². The summed E-state index contributed by atoms with van der Waals surface area (Å²) in [4.78, 5) is 1.14. The zero-order valence-corrected chi connectivity index (χ0v) is 8.47. The van der Waals surface area contributed by atoms with E-state index < -0.39 is 0 Å². The zero-order chi connectivity index (χ0) is 9.68. The highest BCUT2D eigenvalue weighted by molar-refractivity contribution is 7.99. The van der Waals surface area contributed by atoms with Crippen molar-refractivity contribution < 1.29 is 10.2 Å². The zero-order valence-electron chi connectivity index (χ0n) is 7.66. The van der Waals surface area contributed by atoms with Crippen molar-refractivity contribution in [2.75, 3.05) is 12.4 Å². The van der Waals surface area contributed by atoms with Crippen LogP contribution in [0.15, 0.2) is 23.1 Å². The van der Waals surface area contributed by atoms with Crippen LogP contribution in [0.25, 0.3) is 0 Å². The molecule has 0 heterocycles. The van der Waals surface area contributed by atoms with Gasteiger partial charge in [-0.2, -0.15) is 0 Å². The van der Waals surface area contributed by atoms with Gasteiger partial charge in [0.15, 0.2) is 0 Å². The molecule has 3 heteroatoms. The standard InChI is InChI=1S/C10H14O2S/c1-8-6-10(13-5-4-11)3-2-9(8)7-12/h2-3,6,11-12H,4-5,7H2,1H3. The molecule has 2 N–H and O–H groups in total. The summed E-state index contributed by atoms with van der Waals surface area (Å²) in [5.41, 5.74) is 2.07. The molecule has 0 unspecified atom stereocenters. The molecule has 1 aromatic rings. The van der Waals surface area contributed by atoms with Crippen LogP contribution in [-0.2, 0) is 6.61 Å². The van der Waals surface area contributed by atoms with Crippen molar-refractivity contribution in [1.82, 2.24) is 0 Å². The third-order valence-electron chi connectivity index (χ3n) is 1.84. The van der Waals surface area contributed by atoms with Gasteiger partial charge in [0.1, 0.15) is 0 Å². The van der Waals surface area contributed by atoms with Crippen LogP contribution in [0.5, 0.6) is 0 Å². The monoisotopic (exact) mass is 198 g/mol. The first kappa shape index (κ1) is 10.6. The number of aryl methyl sites for hydroxylation is 1. The Balaban J connectivity index is 2.71. The molecule has 13 heavy (non-hydrogen) atoms. The Morgan fingerprint density at radius 1 is 1.31 bits per heavy atom. The summed E-state index contributed by atoms with van der Waals surface area (Å²) in [6.45, 7) is 2.27. The molecule has 0 aromatic heterocycles. The fourth-order valence-electron chi connectivity index (χ4n) is 1.10. The van der Waals surface area contributed by atoms with Crippen LogP contribution in [0.4, 0.5) is 0 Å². The molecular formula is C10H14O2S. The molecule has 2 nitrogen and oxygen atoms in total. The minimum Gasteiger partial charge on any atom is -0.396 e. The summed E-state index contributed by atoms with van der Waals surface area (Å²) in [6.07, 6.45) is 0. The Labute approximate surface area is 82.6 Å². The number of hydrogen-bond acceptors (Lipinski definition) is 3. The minimum atomic E-state index is 0.0940. The van der Waals surface area contributed by atoms with Gasteiger partial charge in [0.25, 0.3) is 0 Å². The van der Waals surface area contributed by atoms with Gasteiger partial charge in [0.05, 0.1) is 13.2 Å². The van der Waals surface area contributed by atoms with E-state index in [1.807, 2.05) is 25.1 Å². The van der Waals surface area contributed by atoms with Crippen molar-refractivity contribution in [2.24, 2.45) is 0 Å². The van der Waals surface area contributed by atoms with E-state index in [0.717, 1.165) is 21.8 Å². The Kier molecular flexibility index (Phi) is 4.28. The molecule has 0 fully saturated rings. The molecule has 0 aliphatic heterocycles. The number of benzene rings is 1. The molecule has 72 valence electrons. The maximum atomic E-state index is 8.94. The molecule has 0 aliphatic rings. The van der Waals surface area contributed by atoms with E-state index in [-0.39, 0.29) is 13.2 Å². The lowest BCUT2D eigenvalue weighted by Crippen LogP contribution is -1.90. The van der Waals surface area contributed by atoms with Gasteiger partial charge in [-0.25, -0.2) is 0 Å². The Bertz CT molecular complexity index is 274. The second kappa shape index (κ2) is 5.27. The molecule has 0 saturated heterocycles. The highest BCUT2D eigenvalue weighted by Gasteiger charge is 1.98. The van der Waals surface area contributed by atoms with Crippen LogP contribution in [0.3, 0.4) is 0 Å². The van der Waals surface area contributed by atoms with E-state index in [2.05, 4.69) is 0 Å². The molecule has 0 aliphatic carbocycles. The summed E-state index contributed by atoms with van der Waals surface area (Å²) < 4.78 is 0. The molecule has 0 atom stereocenters. The number of rotatable bonds is 4.